The Balaban J connectivity index is 1.36. The van der Waals surface area contributed by atoms with Crippen LogP contribution in [0, 0.1) is 12.8 Å². The number of benzene rings is 2. The van der Waals surface area contributed by atoms with E-state index < -0.39 is 10.0 Å². The number of aryl methyl sites for hydroxylation is 1. The molecule has 2 amide bonds. The van der Waals surface area contributed by atoms with E-state index in [1.54, 1.807) is 24.3 Å². The molecule has 0 radical (unpaired) electrons. The van der Waals surface area contributed by atoms with E-state index in [0.29, 0.717) is 43.1 Å². The maximum Gasteiger partial charge on any atom is 0.251 e. The molecule has 2 aromatic carbocycles. The predicted molar refractivity (Wildman–Crippen MR) is 132 cm³/mol. The molecule has 0 aromatic heterocycles. The van der Waals surface area contributed by atoms with E-state index in [9.17, 15) is 18.0 Å². The largest absolute Gasteiger partial charge is 0.349 e. The highest BCUT2D eigenvalue weighted by Gasteiger charge is 2.32. The first-order chi connectivity index (χ1) is 16.1. The summed E-state index contributed by atoms with van der Waals surface area (Å²) in [5, 5.41) is 5.92. The van der Waals surface area contributed by atoms with Gasteiger partial charge in [0, 0.05) is 36.3 Å². The fraction of sp³-hybridized carbons (Fsp3) is 0.462. The van der Waals surface area contributed by atoms with Gasteiger partial charge in [-0.25, -0.2) is 8.42 Å². The van der Waals surface area contributed by atoms with Crippen LogP contribution in [-0.4, -0.2) is 43.7 Å². The monoisotopic (exact) mass is 483 g/mol. The number of hydrogen-bond donors (Lipinski definition) is 2. The second kappa shape index (κ2) is 9.88. The van der Waals surface area contributed by atoms with E-state index in [0.717, 1.165) is 24.0 Å². The van der Waals surface area contributed by atoms with Crippen LogP contribution in [0.5, 0.6) is 0 Å². The Kier molecular flexibility index (Phi) is 7.09. The molecule has 1 saturated heterocycles. The molecule has 4 rings (SSSR count). The number of carbonyl (C=O) groups excluding carboxylic acids is 2. The number of hydrogen-bond acceptors (Lipinski definition) is 4. The van der Waals surface area contributed by atoms with Gasteiger partial charge in [-0.15, -0.1) is 0 Å². The molecule has 0 atom stereocenters. The van der Waals surface area contributed by atoms with Crippen LogP contribution in [0.1, 0.15) is 66.9 Å². The van der Waals surface area contributed by atoms with Crippen molar-refractivity contribution in [3.63, 3.8) is 0 Å². The molecule has 2 fully saturated rings. The average Bonchev–Trinajstić information content (AvgIpc) is 3.64. The van der Waals surface area contributed by atoms with Gasteiger partial charge in [0.15, 0.2) is 0 Å². The van der Waals surface area contributed by atoms with Crippen LogP contribution in [0.2, 0.25) is 0 Å². The van der Waals surface area contributed by atoms with Gasteiger partial charge in [-0.05, 0) is 73.9 Å². The van der Waals surface area contributed by atoms with Crippen molar-refractivity contribution in [1.82, 2.24) is 9.62 Å². The summed E-state index contributed by atoms with van der Waals surface area (Å²) in [7, 11) is -3.58. The van der Waals surface area contributed by atoms with Crippen molar-refractivity contribution in [3.8, 4) is 0 Å². The minimum absolute atomic E-state index is 0.127. The lowest BCUT2D eigenvalue weighted by Gasteiger charge is -2.30. The van der Waals surface area contributed by atoms with Crippen LogP contribution in [-0.2, 0) is 14.8 Å². The molecule has 8 heteroatoms. The maximum absolute atomic E-state index is 13.1. The van der Waals surface area contributed by atoms with E-state index in [-0.39, 0.29) is 28.7 Å². The Morgan fingerprint density at radius 1 is 0.971 bits per heavy atom. The van der Waals surface area contributed by atoms with Crippen molar-refractivity contribution in [2.75, 3.05) is 18.4 Å². The maximum atomic E-state index is 13.1. The number of nitrogens with zero attached hydrogens (tertiary/aromatic N) is 1. The second-order valence-electron chi connectivity index (χ2n) is 9.67. The molecule has 1 aliphatic heterocycles. The van der Waals surface area contributed by atoms with Gasteiger partial charge in [0.1, 0.15) is 0 Å². The highest BCUT2D eigenvalue weighted by Crippen LogP contribution is 2.27. The number of nitrogens with one attached hydrogen (secondary N) is 2. The first kappa shape index (κ1) is 24.4. The number of anilines is 1. The van der Waals surface area contributed by atoms with Crippen molar-refractivity contribution in [3.05, 3.63) is 59.2 Å². The van der Waals surface area contributed by atoms with Crippen LogP contribution >= 0.6 is 0 Å². The zero-order valence-electron chi connectivity index (χ0n) is 20.0. The predicted octanol–water partition coefficient (Wildman–Crippen LogP) is 4.05. The summed E-state index contributed by atoms with van der Waals surface area (Å²) in [6.07, 6.45) is 2.93. The van der Waals surface area contributed by atoms with Crippen molar-refractivity contribution in [2.45, 2.75) is 63.3 Å². The van der Waals surface area contributed by atoms with Gasteiger partial charge in [-0.2, -0.15) is 4.31 Å². The highest BCUT2D eigenvalue weighted by molar-refractivity contribution is 7.89. The summed E-state index contributed by atoms with van der Waals surface area (Å²) in [6, 6.07) is 12.6. The van der Waals surface area contributed by atoms with E-state index in [1.165, 1.54) is 4.31 Å². The van der Waals surface area contributed by atoms with E-state index in [4.69, 9.17) is 0 Å². The first-order valence-electron chi connectivity index (χ1n) is 12.0. The molecular weight excluding hydrogens is 450 g/mol. The quantitative estimate of drug-likeness (QED) is 0.621. The summed E-state index contributed by atoms with van der Waals surface area (Å²) >= 11 is 0. The molecule has 7 nitrogen and oxygen atoms in total. The number of rotatable bonds is 7. The number of amides is 2. The van der Waals surface area contributed by atoms with Crippen molar-refractivity contribution >= 4 is 27.5 Å². The van der Waals surface area contributed by atoms with Crippen LogP contribution in [0.25, 0.3) is 0 Å². The molecule has 2 N–H and O–H groups in total. The van der Waals surface area contributed by atoms with Crippen LogP contribution in [0.15, 0.2) is 47.4 Å². The van der Waals surface area contributed by atoms with Gasteiger partial charge < -0.3 is 10.6 Å². The zero-order valence-corrected chi connectivity index (χ0v) is 20.8. The van der Waals surface area contributed by atoms with E-state index >= 15 is 0 Å². The zero-order chi connectivity index (χ0) is 24.5. The molecule has 182 valence electrons. The molecule has 1 saturated carbocycles. The molecule has 1 heterocycles. The smallest absolute Gasteiger partial charge is 0.251 e. The lowest BCUT2D eigenvalue weighted by Crippen LogP contribution is -2.41. The Bertz CT molecular complexity index is 1160. The Hall–Kier alpha value is -2.71. The van der Waals surface area contributed by atoms with Gasteiger partial charge in [0.05, 0.1) is 4.90 Å². The van der Waals surface area contributed by atoms with Crippen LogP contribution < -0.4 is 10.6 Å². The Morgan fingerprint density at radius 2 is 1.62 bits per heavy atom. The van der Waals surface area contributed by atoms with Gasteiger partial charge in [-0.3, -0.25) is 9.59 Å². The average molecular weight is 484 g/mol. The van der Waals surface area contributed by atoms with Crippen molar-refractivity contribution < 1.29 is 18.0 Å². The standard InChI is InChI=1S/C26H33N3O4S/c1-17(2)19-6-10-23(11-7-19)34(32,33)29-14-12-20(13-15-29)25(30)28-24-16-21(5-4-18(24)3)26(31)27-22-8-9-22/h4-7,10-11,16-17,20,22H,8-9,12-15H2,1-3H3,(H,27,31)(H,28,30). The molecular formula is C26H33N3O4S. The van der Waals surface area contributed by atoms with Gasteiger partial charge in [0.2, 0.25) is 15.9 Å². The normalized spacial score (nSPS) is 17.5. The number of sulfonamides is 1. The summed E-state index contributed by atoms with van der Waals surface area (Å²) < 4.78 is 27.6. The second-order valence-corrected chi connectivity index (χ2v) is 11.6. The third-order valence-corrected chi connectivity index (χ3v) is 8.59. The molecule has 2 aromatic rings. The Labute approximate surface area is 202 Å². The molecule has 2 aliphatic rings. The molecule has 0 unspecified atom stereocenters. The molecule has 0 spiro atoms. The highest BCUT2D eigenvalue weighted by atomic mass is 32.2. The first-order valence-corrected chi connectivity index (χ1v) is 13.4. The molecule has 1 aliphatic carbocycles. The summed E-state index contributed by atoms with van der Waals surface area (Å²) in [5.74, 6) is -0.208. The molecule has 34 heavy (non-hydrogen) atoms. The number of carbonyl (C=O) groups is 2. The van der Waals surface area contributed by atoms with E-state index in [1.807, 2.05) is 25.1 Å². The SMILES string of the molecule is Cc1ccc(C(=O)NC2CC2)cc1NC(=O)C1CCN(S(=O)(=O)c2ccc(C(C)C)cc2)CC1. The van der Waals surface area contributed by atoms with Crippen LogP contribution in [0.4, 0.5) is 5.69 Å². The third kappa shape index (κ3) is 5.50. The minimum Gasteiger partial charge on any atom is -0.349 e. The molecule has 0 bridgehead atoms. The topological polar surface area (TPSA) is 95.6 Å². The van der Waals surface area contributed by atoms with Crippen molar-refractivity contribution in [1.29, 1.82) is 0 Å². The van der Waals surface area contributed by atoms with Gasteiger partial charge >= 0.3 is 0 Å². The summed E-state index contributed by atoms with van der Waals surface area (Å²) in [6.45, 7) is 6.63. The van der Waals surface area contributed by atoms with Crippen molar-refractivity contribution in [2.24, 2.45) is 5.92 Å². The van der Waals surface area contributed by atoms with Crippen LogP contribution in [0.3, 0.4) is 0 Å². The number of piperidine rings is 1. The van der Waals surface area contributed by atoms with Gasteiger partial charge in [0.25, 0.3) is 5.91 Å². The van der Waals surface area contributed by atoms with E-state index in [2.05, 4.69) is 24.5 Å². The fourth-order valence-electron chi connectivity index (χ4n) is 4.16. The lowest BCUT2D eigenvalue weighted by atomic mass is 9.97. The van der Waals surface area contributed by atoms with Gasteiger partial charge in [-0.1, -0.05) is 32.0 Å². The summed E-state index contributed by atoms with van der Waals surface area (Å²) in [5.41, 5.74) is 3.12. The summed E-state index contributed by atoms with van der Waals surface area (Å²) in [4.78, 5) is 25.6. The third-order valence-electron chi connectivity index (χ3n) is 6.68. The minimum atomic E-state index is -3.58. The fourth-order valence-corrected chi connectivity index (χ4v) is 5.63. The lowest BCUT2D eigenvalue weighted by molar-refractivity contribution is -0.120. The Morgan fingerprint density at radius 3 is 2.21 bits per heavy atom.